The third-order valence-electron chi connectivity index (χ3n) is 3.59. The van der Waals surface area contributed by atoms with Crippen molar-refractivity contribution < 1.29 is 13.5 Å². The second-order valence-corrected chi connectivity index (χ2v) is 7.36. The van der Waals surface area contributed by atoms with Crippen molar-refractivity contribution in [2.75, 3.05) is 0 Å². The van der Waals surface area contributed by atoms with Crippen molar-refractivity contribution in [1.29, 1.82) is 0 Å². The predicted octanol–water partition coefficient (Wildman–Crippen LogP) is 2.22. The van der Waals surface area contributed by atoms with Crippen LogP contribution in [0.25, 0.3) is 0 Å². The lowest BCUT2D eigenvalue weighted by Crippen LogP contribution is -2.43. The lowest BCUT2D eigenvalue weighted by Gasteiger charge is -2.33. The molecule has 0 heterocycles. The third-order valence-corrected chi connectivity index (χ3v) is 5.45. The Labute approximate surface area is 118 Å². The van der Waals surface area contributed by atoms with Gasteiger partial charge < -0.3 is 5.11 Å². The van der Waals surface area contributed by atoms with E-state index < -0.39 is 10.0 Å². The van der Waals surface area contributed by atoms with E-state index in [0.29, 0.717) is 22.1 Å². The molecule has 0 unspecified atom stereocenters. The van der Waals surface area contributed by atoms with Crippen molar-refractivity contribution in [2.45, 2.75) is 44.2 Å². The summed E-state index contributed by atoms with van der Waals surface area (Å²) >= 11 is 5.91. The van der Waals surface area contributed by atoms with Crippen molar-refractivity contribution >= 4 is 21.6 Å². The normalized spacial score (nSPS) is 23.2. The van der Waals surface area contributed by atoms with E-state index in [4.69, 9.17) is 11.6 Å². The van der Waals surface area contributed by atoms with Gasteiger partial charge >= 0.3 is 0 Å². The van der Waals surface area contributed by atoms with Gasteiger partial charge in [0.25, 0.3) is 0 Å². The molecule has 1 saturated carbocycles. The molecule has 1 aliphatic rings. The van der Waals surface area contributed by atoms with Crippen LogP contribution in [0.4, 0.5) is 0 Å². The smallest absolute Gasteiger partial charge is 0.241 e. The number of sulfonamides is 1. The van der Waals surface area contributed by atoms with Gasteiger partial charge in [0, 0.05) is 11.1 Å². The van der Waals surface area contributed by atoms with Crippen LogP contribution in [0.3, 0.4) is 0 Å². The van der Waals surface area contributed by atoms with Gasteiger partial charge in [-0.05, 0) is 48.9 Å². The maximum Gasteiger partial charge on any atom is 0.241 e. The van der Waals surface area contributed by atoms with E-state index in [-0.39, 0.29) is 17.5 Å². The summed E-state index contributed by atoms with van der Waals surface area (Å²) in [6, 6.07) is 3.03. The summed E-state index contributed by atoms with van der Waals surface area (Å²) in [5.41, 5.74) is 1.08. The standard InChI is InChI=1S/C13H18ClNO3S/c1-8-3-12(4-8)15-19(17,18)13-6-11(14)5-10(7-16)9(13)2/h5-6,8,12,15-16H,3-4,7H2,1-2H3. The van der Waals surface area contributed by atoms with Crippen LogP contribution in [0.5, 0.6) is 0 Å². The summed E-state index contributed by atoms with van der Waals surface area (Å²) in [6.07, 6.45) is 1.73. The van der Waals surface area contributed by atoms with Crippen molar-refractivity contribution in [1.82, 2.24) is 4.72 Å². The first-order valence-electron chi connectivity index (χ1n) is 6.25. The van der Waals surface area contributed by atoms with Crippen molar-refractivity contribution in [3.05, 3.63) is 28.3 Å². The molecule has 0 amide bonds. The zero-order chi connectivity index (χ0) is 14.2. The molecule has 2 N–H and O–H groups in total. The highest BCUT2D eigenvalue weighted by molar-refractivity contribution is 7.89. The Bertz CT molecular complexity index is 580. The molecule has 1 aromatic carbocycles. The molecule has 0 aliphatic heterocycles. The molecule has 0 saturated heterocycles. The summed E-state index contributed by atoms with van der Waals surface area (Å²) in [6.45, 7) is 3.55. The average Bonchev–Trinajstić information content (AvgIpc) is 2.29. The molecule has 19 heavy (non-hydrogen) atoms. The second-order valence-electron chi connectivity index (χ2n) is 5.24. The van der Waals surface area contributed by atoms with Crippen molar-refractivity contribution in [3.63, 3.8) is 0 Å². The summed E-state index contributed by atoms with van der Waals surface area (Å²) < 4.78 is 27.4. The highest BCUT2D eigenvalue weighted by Gasteiger charge is 2.30. The third kappa shape index (κ3) is 3.11. The molecule has 0 atom stereocenters. The molecule has 1 aliphatic carbocycles. The van der Waals surface area contributed by atoms with Gasteiger partial charge in [-0.2, -0.15) is 0 Å². The molecule has 0 spiro atoms. The van der Waals surface area contributed by atoms with Gasteiger partial charge in [0.1, 0.15) is 0 Å². The number of rotatable bonds is 4. The number of aliphatic hydroxyl groups is 1. The van der Waals surface area contributed by atoms with E-state index in [1.54, 1.807) is 13.0 Å². The number of aliphatic hydroxyl groups excluding tert-OH is 1. The second kappa shape index (κ2) is 5.40. The van der Waals surface area contributed by atoms with Crippen LogP contribution in [0.1, 0.15) is 30.9 Å². The Morgan fingerprint density at radius 2 is 2.05 bits per heavy atom. The van der Waals surface area contributed by atoms with E-state index in [1.165, 1.54) is 6.07 Å². The van der Waals surface area contributed by atoms with Gasteiger partial charge in [0.2, 0.25) is 10.0 Å². The summed E-state index contributed by atoms with van der Waals surface area (Å²) in [5.74, 6) is 0.571. The fourth-order valence-corrected chi connectivity index (χ4v) is 4.31. The van der Waals surface area contributed by atoms with E-state index in [9.17, 15) is 13.5 Å². The van der Waals surface area contributed by atoms with Gasteiger partial charge in [-0.1, -0.05) is 18.5 Å². The molecular weight excluding hydrogens is 286 g/mol. The molecule has 1 fully saturated rings. The Morgan fingerprint density at radius 3 is 2.58 bits per heavy atom. The van der Waals surface area contributed by atoms with Gasteiger partial charge in [0.05, 0.1) is 11.5 Å². The van der Waals surface area contributed by atoms with Crippen LogP contribution >= 0.6 is 11.6 Å². The molecule has 2 rings (SSSR count). The molecule has 106 valence electrons. The Kier molecular flexibility index (Phi) is 4.20. The minimum Gasteiger partial charge on any atom is -0.392 e. The van der Waals surface area contributed by atoms with Gasteiger partial charge in [0.15, 0.2) is 0 Å². The first kappa shape index (κ1) is 14.8. The van der Waals surface area contributed by atoms with Crippen LogP contribution in [0.2, 0.25) is 5.02 Å². The number of halogens is 1. The molecule has 0 bridgehead atoms. The average molecular weight is 304 g/mol. The minimum atomic E-state index is -3.58. The van der Waals surface area contributed by atoms with Gasteiger partial charge in [-0.3, -0.25) is 0 Å². The fourth-order valence-electron chi connectivity index (χ4n) is 2.43. The Hall–Kier alpha value is -0.620. The maximum atomic E-state index is 12.3. The first-order chi connectivity index (χ1) is 8.83. The Morgan fingerprint density at radius 1 is 1.42 bits per heavy atom. The van der Waals surface area contributed by atoms with Gasteiger partial charge in [-0.25, -0.2) is 13.1 Å². The Balaban J connectivity index is 2.32. The summed E-state index contributed by atoms with van der Waals surface area (Å²) in [5, 5.41) is 9.55. The number of benzene rings is 1. The van der Waals surface area contributed by atoms with E-state index in [2.05, 4.69) is 11.6 Å². The zero-order valence-electron chi connectivity index (χ0n) is 11.0. The molecule has 4 nitrogen and oxygen atoms in total. The molecular formula is C13H18ClNO3S. The number of hydrogen-bond donors (Lipinski definition) is 2. The van der Waals surface area contributed by atoms with Crippen molar-refractivity contribution in [2.24, 2.45) is 5.92 Å². The van der Waals surface area contributed by atoms with Crippen LogP contribution in [-0.4, -0.2) is 19.6 Å². The van der Waals surface area contributed by atoms with Crippen molar-refractivity contribution in [3.8, 4) is 0 Å². The van der Waals surface area contributed by atoms with Crippen LogP contribution in [0.15, 0.2) is 17.0 Å². The zero-order valence-corrected chi connectivity index (χ0v) is 12.6. The molecule has 1 aromatic rings. The fraction of sp³-hybridized carbons (Fsp3) is 0.538. The number of hydrogen-bond acceptors (Lipinski definition) is 3. The SMILES string of the molecule is Cc1c(CO)cc(Cl)cc1S(=O)(=O)NC1CC(C)C1. The largest absolute Gasteiger partial charge is 0.392 e. The molecule has 6 heteroatoms. The molecule has 0 aromatic heterocycles. The first-order valence-corrected chi connectivity index (χ1v) is 8.12. The number of nitrogens with one attached hydrogen (secondary N) is 1. The monoisotopic (exact) mass is 303 g/mol. The summed E-state index contributed by atoms with van der Waals surface area (Å²) in [7, 11) is -3.58. The summed E-state index contributed by atoms with van der Waals surface area (Å²) in [4.78, 5) is 0.156. The minimum absolute atomic E-state index is 0.0101. The molecule has 0 radical (unpaired) electrons. The van der Waals surface area contributed by atoms with Crippen LogP contribution in [-0.2, 0) is 16.6 Å². The maximum absolute atomic E-state index is 12.3. The van der Waals surface area contributed by atoms with E-state index >= 15 is 0 Å². The highest BCUT2D eigenvalue weighted by atomic mass is 35.5. The van der Waals surface area contributed by atoms with Gasteiger partial charge in [-0.15, -0.1) is 0 Å². The van der Waals surface area contributed by atoms with Crippen LogP contribution in [0, 0.1) is 12.8 Å². The lowest BCUT2D eigenvalue weighted by molar-refractivity contribution is 0.270. The van der Waals surface area contributed by atoms with E-state index in [1.807, 2.05) is 0 Å². The van der Waals surface area contributed by atoms with Crippen LogP contribution < -0.4 is 4.72 Å². The lowest BCUT2D eigenvalue weighted by atomic mass is 9.83. The highest BCUT2D eigenvalue weighted by Crippen LogP contribution is 2.30. The predicted molar refractivity (Wildman–Crippen MR) is 74.6 cm³/mol. The quantitative estimate of drug-likeness (QED) is 0.896. The topological polar surface area (TPSA) is 66.4 Å². The van der Waals surface area contributed by atoms with E-state index in [0.717, 1.165) is 12.8 Å².